The van der Waals surface area contributed by atoms with E-state index in [-0.39, 0.29) is 11.3 Å². The lowest BCUT2D eigenvalue weighted by molar-refractivity contribution is -0.122. The number of nitrogens with one attached hydrogen (secondary N) is 1. The van der Waals surface area contributed by atoms with Gasteiger partial charge in [-0.15, -0.1) is 0 Å². The first-order chi connectivity index (χ1) is 15.0. The van der Waals surface area contributed by atoms with Crippen LogP contribution in [0.2, 0.25) is 0 Å². The molecule has 0 aliphatic carbocycles. The van der Waals surface area contributed by atoms with E-state index in [9.17, 15) is 18.0 Å². The summed E-state index contributed by atoms with van der Waals surface area (Å²) >= 11 is 0. The van der Waals surface area contributed by atoms with Crippen molar-refractivity contribution in [1.82, 2.24) is 0 Å². The van der Waals surface area contributed by atoms with Crippen LogP contribution < -0.4 is 23.8 Å². The SMILES string of the molecule is COC(=O)c1cc(OC)c(OC)cc1NC(=O)[C@@H](C)Oc1ccc(N(C)S(C)(=O)=O)cc1. The van der Waals surface area contributed by atoms with Gasteiger partial charge in [0.05, 0.1) is 44.5 Å². The smallest absolute Gasteiger partial charge is 0.340 e. The highest BCUT2D eigenvalue weighted by molar-refractivity contribution is 7.92. The van der Waals surface area contributed by atoms with Gasteiger partial charge in [-0.1, -0.05) is 0 Å². The minimum atomic E-state index is -3.39. The molecule has 32 heavy (non-hydrogen) atoms. The number of esters is 1. The molecule has 0 aromatic heterocycles. The van der Waals surface area contributed by atoms with Gasteiger partial charge >= 0.3 is 5.97 Å². The Morgan fingerprint density at radius 1 is 1.00 bits per heavy atom. The maximum atomic E-state index is 12.7. The number of sulfonamides is 1. The van der Waals surface area contributed by atoms with Crippen molar-refractivity contribution >= 4 is 33.3 Å². The second kappa shape index (κ2) is 10.2. The van der Waals surface area contributed by atoms with Crippen LogP contribution in [0.5, 0.6) is 17.2 Å². The minimum Gasteiger partial charge on any atom is -0.493 e. The monoisotopic (exact) mass is 466 g/mol. The highest BCUT2D eigenvalue weighted by Gasteiger charge is 2.22. The summed E-state index contributed by atoms with van der Waals surface area (Å²) in [6.07, 6.45) is 0.160. The molecule has 174 valence electrons. The first-order valence-electron chi connectivity index (χ1n) is 9.37. The highest BCUT2D eigenvalue weighted by atomic mass is 32.2. The molecule has 0 heterocycles. The van der Waals surface area contributed by atoms with Crippen LogP contribution in [0.25, 0.3) is 0 Å². The maximum Gasteiger partial charge on any atom is 0.340 e. The number of carbonyl (C=O) groups excluding carboxylic acids is 2. The van der Waals surface area contributed by atoms with E-state index in [1.165, 1.54) is 47.4 Å². The van der Waals surface area contributed by atoms with Gasteiger partial charge in [-0.25, -0.2) is 13.2 Å². The number of methoxy groups -OCH3 is 3. The zero-order valence-electron chi connectivity index (χ0n) is 18.7. The molecule has 0 aliphatic rings. The van der Waals surface area contributed by atoms with Crippen molar-refractivity contribution in [2.75, 3.05) is 44.3 Å². The normalized spacial score (nSPS) is 11.8. The molecule has 0 saturated heterocycles. The summed E-state index contributed by atoms with van der Waals surface area (Å²) in [6, 6.07) is 9.08. The van der Waals surface area contributed by atoms with Gasteiger partial charge in [0.25, 0.3) is 5.91 Å². The molecule has 0 aliphatic heterocycles. The molecule has 0 unspecified atom stereocenters. The van der Waals surface area contributed by atoms with Crippen LogP contribution >= 0.6 is 0 Å². The van der Waals surface area contributed by atoms with E-state index >= 15 is 0 Å². The summed E-state index contributed by atoms with van der Waals surface area (Å²) in [4.78, 5) is 24.8. The predicted molar refractivity (Wildman–Crippen MR) is 119 cm³/mol. The van der Waals surface area contributed by atoms with E-state index in [1.807, 2.05) is 0 Å². The Labute approximate surface area is 187 Å². The highest BCUT2D eigenvalue weighted by Crippen LogP contribution is 2.34. The van der Waals surface area contributed by atoms with Gasteiger partial charge in [0.1, 0.15) is 5.75 Å². The van der Waals surface area contributed by atoms with E-state index in [1.54, 1.807) is 24.3 Å². The number of hydrogen-bond acceptors (Lipinski definition) is 8. The Morgan fingerprint density at radius 3 is 2.06 bits per heavy atom. The Bertz CT molecular complexity index is 1080. The van der Waals surface area contributed by atoms with Crippen molar-refractivity contribution in [3.8, 4) is 17.2 Å². The van der Waals surface area contributed by atoms with Gasteiger partial charge in [-0.3, -0.25) is 9.10 Å². The molecule has 0 spiro atoms. The molecule has 1 N–H and O–H groups in total. The fraction of sp³-hybridized carbons (Fsp3) is 0.333. The summed E-state index contributed by atoms with van der Waals surface area (Å²) in [5.74, 6) is -0.220. The number of nitrogens with zero attached hydrogens (tertiary/aromatic N) is 1. The van der Waals surface area contributed by atoms with E-state index in [0.29, 0.717) is 22.9 Å². The summed E-state index contributed by atoms with van der Waals surface area (Å²) in [7, 11) is 2.12. The maximum absolute atomic E-state index is 12.7. The second-order valence-electron chi connectivity index (χ2n) is 6.72. The molecule has 11 heteroatoms. The molecule has 1 amide bonds. The number of benzene rings is 2. The van der Waals surface area contributed by atoms with Crippen molar-refractivity contribution in [2.45, 2.75) is 13.0 Å². The molecule has 0 radical (unpaired) electrons. The van der Waals surface area contributed by atoms with Gasteiger partial charge in [0, 0.05) is 19.2 Å². The lowest BCUT2D eigenvalue weighted by atomic mass is 10.1. The van der Waals surface area contributed by atoms with E-state index in [2.05, 4.69) is 5.32 Å². The van der Waals surface area contributed by atoms with Gasteiger partial charge in [-0.05, 0) is 31.2 Å². The van der Waals surface area contributed by atoms with Crippen LogP contribution in [0, 0.1) is 0 Å². The summed E-state index contributed by atoms with van der Waals surface area (Å²) < 4.78 is 45.2. The number of rotatable bonds is 9. The molecule has 2 aromatic carbocycles. The standard InChI is InChI=1S/C21H26N2O8S/c1-13(31-15-9-7-14(8-10-15)23(2)32(6,26)27)20(24)22-17-12-19(29-4)18(28-3)11-16(17)21(25)30-5/h7-13H,1-6H3,(H,22,24)/t13-/m1/s1. The van der Waals surface area contributed by atoms with Crippen LogP contribution in [-0.2, 0) is 19.6 Å². The van der Waals surface area contributed by atoms with Gasteiger partial charge in [0.15, 0.2) is 17.6 Å². The Kier molecular flexibility index (Phi) is 7.92. The van der Waals surface area contributed by atoms with Crippen molar-refractivity contribution < 1.29 is 37.0 Å². The predicted octanol–water partition coefficient (Wildman–Crippen LogP) is 2.29. The van der Waals surface area contributed by atoms with E-state index in [0.717, 1.165) is 10.6 Å². The largest absolute Gasteiger partial charge is 0.493 e. The third-order valence-corrected chi connectivity index (χ3v) is 5.77. The van der Waals surface area contributed by atoms with Crippen LogP contribution in [-0.4, -0.2) is 61.0 Å². The van der Waals surface area contributed by atoms with E-state index in [4.69, 9.17) is 18.9 Å². The molecular weight excluding hydrogens is 440 g/mol. The van der Waals surface area contributed by atoms with Gasteiger partial charge < -0.3 is 24.3 Å². The Balaban J connectivity index is 2.19. The second-order valence-corrected chi connectivity index (χ2v) is 8.73. The lowest BCUT2D eigenvalue weighted by Gasteiger charge is -2.19. The summed E-state index contributed by atoms with van der Waals surface area (Å²) in [6.45, 7) is 1.53. The lowest BCUT2D eigenvalue weighted by Crippen LogP contribution is -2.31. The number of carbonyl (C=O) groups is 2. The molecule has 0 bridgehead atoms. The van der Waals surface area contributed by atoms with Crippen molar-refractivity contribution in [2.24, 2.45) is 0 Å². The van der Waals surface area contributed by atoms with Crippen molar-refractivity contribution in [1.29, 1.82) is 0 Å². The molecule has 0 fully saturated rings. The van der Waals surface area contributed by atoms with Gasteiger partial charge in [0.2, 0.25) is 10.0 Å². The molecule has 2 aromatic rings. The van der Waals surface area contributed by atoms with E-state index < -0.39 is 28.0 Å². The molecular formula is C21H26N2O8S. The quantitative estimate of drug-likeness (QED) is 0.559. The number of amides is 1. The average Bonchev–Trinajstić information content (AvgIpc) is 2.77. The number of anilines is 2. The topological polar surface area (TPSA) is 120 Å². The fourth-order valence-electron chi connectivity index (χ4n) is 2.68. The van der Waals surface area contributed by atoms with Crippen LogP contribution in [0.1, 0.15) is 17.3 Å². The third-order valence-electron chi connectivity index (χ3n) is 4.57. The summed E-state index contributed by atoms with van der Waals surface area (Å²) in [5.41, 5.74) is 0.698. The summed E-state index contributed by atoms with van der Waals surface area (Å²) in [5, 5.41) is 2.63. The number of hydrogen-bond donors (Lipinski definition) is 1. The van der Waals surface area contributed by atoms with Crippen LogP contribution in [0.4, 0.5) is 11.4 Å². The van der Waals surface area contributed by atoms with Gasteiger partial charge in [-0.2, -0.15) is 0 Å². The van der Waals surface area contributed by atoms with Crippen LogP contribution in [0.3, 0.4) is 0 Å². The molecule has 1 atom stereocenters. The molecule has 0 saturated carbocycles. The van der Waals surface area contributed by atoms with Crippen molar-refractivity contribution in [3.05, 3.63) is 42.0 Å². The fourth-order valence-corrected chi connectivity index (χ4v) is 3.18. The zero-order valence-corrected chi connectivity index (χ0v) is 19.5. The number of ether oxygens (including phenoxy) is 4. The zero-order chi connectivity index (χ0) is 24.1. The van der Waals surface area contributed by atoms with Crippen LogP contribution in [0.15, 0.2) is 36.4 Å². The minimum absolute atomic E-state index is 0.0823. The first kappa shape index (κ1) is 24.8. The molecule has 10 nitrogen and oxygen atoms in total. The third kappa shape index (κ3) is 5.82. The Morgan fingerprint density at radius 2 is 1.56 bits per heavy atom. The van der Waals surface area contributed by atoms with Crippen molar-refractivity contribution in [3.63, 3.8) is 0 Å². The Hall–Kier alpha value is -3.47. The first-order valence-corrected chi connectivity index (χ1v) is 11.2. The molecule has 2 rings (SSSR count). The average molecular weight is 467 g/mol.